The molecule has 2 aromatic carbocycles. The number of carbonyl (C=O) groups excluding carboxylic acids is 1. The van der Waals surface area contributed by atoms with E-state index in [0.29, 0.717) is 18.8 Å². The number of rotatable bonds is 11. The van der Waals surface area contributed by atoms with E-state index >= 15 is 0 Å². The number of unbranched alkanes of at least 4 members (excludes halogenated alkanes) is 1. The molecule has 0 heterocycles. The van der Waals surface area contributed by atoms with Crippen LogP contribution < -0.4 is 10.1 Å². The predicted octanol–water partition coefficient (Wildman–Crippen LogP) is 4.73. The van der Waals surface area contributed by atoms with E-state index in [9.17, 15) is 13.2 Å². The molecule has 0 saturated carbocycles. The summed E-state index contributed by atoms with van der Waals surface area (Å²) in [5.41, 5.74) is 1.92. The zero-order valence-electron chi connectivity index (χ0n) is 17.7. The lowest BCUT2D eigenvalue weighted by atomic mass is 10.1. The molecule has 164 valence electrons. The van der Waals surface area contributed by atoms with Gasteiger partial charge in [-0.3, -0.25) is 4.79 Å². The number of aryl methyl sites for hydroxylation is 1. The number of hydrogen-bond acceptors (Lipinski definition) is 4. The smallest absolute Gasteiger partial charge is 0.262 e. The van der Waals surface area contributed by atoms with Crippen LogP contribution in [-0.2, 0) is 21.2 Å². The summed E-state index contributed by atoms with van der Waals surface area (Å²) < 4.78 is 32.0. The van der Waals surface area contributed by atoms with Gasteiger partial charge in [-0.2, -0.15) is 4.31 Å². The van der Waals surface area contributed by atoms with E-state index in [1.54, 1.807) is 13.8 Å². The molecule has 0 bridgehead atoms. The van der Waals surface area contributed by atoms with Gasteiger partial charge < -0.3 is 10.1 Å². The quantitative estimate of drug-likeness (QED) is 0.534. The molecule has 6 nitrogen and oxygen atoms in total. The van der Waals surface area contributed by atoms with Crippen molar-refractivity contribution in [2.24, 2.45) is 0 Å². The summed E-state index contributed by atoms with van der Waals surface area (Å²) in [7, 11) is -3.61. The minimum atomic E-state index is -3.61. The fraction of sp³-hybridized carbons (Fsp3) is 0.409. The molecule has 2 aromatic rings. The summed E-state index contributed by atoms with van der Waals surface area (Å²) in [6.07, 6.45) is 3.29. The Hall–Kier alpha value is -2.09. The van der Waals surface area contributed by atoms with Crippen molar-refractivity contribution in [3.63, 3.8) is 0 Å². The Morgan fingerprint density at radius 3 is 2.30 bits per heavy atom. The van der Waals surface area contributed by atoms with Crippen LogP contribution in [0.15, 0.2) is 47.4 Å². The first kappa shape index (κ1) is 24.2. The van der Waals surface area contributed by atoms with Crippen molar-refractivity contribution in [3.8, 4) is 5.75 Å². The number of benzene rings is 2. The Bertz CT molecular complexity index is 942. The molecule has 0 fully saturated rings. The maximum absolute atomic E-state index is 12.6. The van der Waals surface area contributed by atoms with Gasteiger partial charge in [0.05, 0.1) is 9.92 Å². The monoisotopic (exact) mass is 452 g/mol. The van der Waals surface area contributed by atoms with Crippen LogP contribution in [0, 0.1) is 0 Å². The minimum Gasteiger partial charge on any atom is -0.482 e. The van der Waals surface area contributed by atoms with Gasteiger partial charge in [0.25, 0.3) is 5.91 Å². The molecule has 8 heteroatoms. The highest BCUT2D eigenvalue weighted by atomic mass is 35.5. The molecular formula is C22H29ClN2O4S. The average Bonchev–Trinajstić information content (AvgIpc) is 2.73. The Kier molecular flexibility index (Phi) is 9.14. The zero-order valence-corrected chi connectivity index (χ0v) is 19.2. The van der Waals surface area contributed by atoms with Crippen molar-refractivity contribution >= 4 is 33.2 Å². The lowest BCUT2D eigenvalue weighted by Gasteiger charge is -2.19. The SMILES string of the molecule is CCCCc1ccc(NC(=O)COc2ccc(S(=O)(=O)N(CC)CC)cc2Cl)cc1. The molecule has 0 aromatic heterocycles. The number of carbonyl (C=O) groups is 1. The van der Waals surface area contributed by atoms with Crippen molar-refractivity contribution in [3.05, 3.63) is 53.1 Å². The number of hydrogen-bond donors (Lipinski definition) is 1. The molecule has 0 aliphatic carbocycles. The van der Waals surface area contributed by atoms with Crippen LogP contribution in [0.4, 0.5) is 5.69 Å². The maximum atomic E-state index is 12.6. The van der Waals surface area contributed by atoms with Crippen molar-refractivity contribution in [1.82, 2.24) is 4.31 Å². The van der Waals surface area contributed by atoms with E-state index in [-0.39, 0.29) is 28.2 Å². The van der Waals surface area contributed by atoms with E-state index in [1.165, 1.54) is 28.1 Å². The van der Waals surface area contributed by atoms with Gasteiger partial charge in [-0.25, -0.2) is 8.42 Å². The van der Waals surface area contributed by atoms with Crippen LogP contribution in [0.3, 0.4) is 0 Å². The van der Waals surface area contributed by atoms with Crippen LogP contribution in [0.5, 0.6) is 5.75 Å². The van der Waals surface area contributed by atoms with Crippen molar-refractivity contribution in [2.45, 2.75) is 44.9 Å². The first-order chi connectivity index (χ1) is 14.3. The highest BCUT2D eigenvalue weighted by Gasteiger charge is 2.22. The second-order valence-electron chi connectivity index (χ2n) is 6.82. The number of ether oxygens (including phenoxy) is 1. The molecule has 0 aliphatic rings. The molecule has 1 N–H and O–H groups in total. The molecule has 2 rings (SSSR count). The fourth-order valence-corrected chi connectivity index (χ4v) is 4.73. The van der Waals surface area contributed by atoms with Crippen LogP contribution in [-0.4, -0.2) is 38.3 Å². The van der Waals surface area contributed by atoms with Gasteiger partial charge in [-0.15, -0.1) is 0 Å². The van der Waals surface area contributed by atoms with E-state index in [1.807, 2.05) is 24.3 Å². The van der Waals surface area contributed by atoms with Crippen LogP contribution >= 0.6 is 11.6 Å². The number of halogens is 1. The standard InChI is InChI=1S/C22H29ClN2O4S/c1-4-7-8-17-9-11-18(12-10-17)24-22(26)16-29-21-14-13-19(15-20(21)23)30(27,28)25(5-2)6-3/h9-15H,4-8,16H2,1-3H3,(H,24,26). The highest BCUT2D eigenvalue weighted by molar-refractivity contribution is 7.89. The predicted molar refractivity (Wildman–Crippen MR) is 121 cm³/mol. The molecule has 0 radical (unpaired) electrons. The first-order valence-corrected chi connectivity index (χ1v) is 11.9. The summed E-state index contributed by atoms with van der Waals surface area (Å²) in [5.74, 6) is -0.0764. The van der Waals surface area contributed by atoms with Crippen molar-refractivity contribution < 1.29 is 17.9 Å². The van der Waals surface area contributed by atoms with Gasteiger partial charge in [-0.1, -0.05) is 50.9 Å². The van der Waals surface area contributed by atoms with Gasteiger partial charge in [-0.05, 0) is 48.7 Å². The second kappa shape index (κ2) is 11.3. The van der Waals surface area contributed by atoms with E-state index in [2.05, 4.69) is 12.2 Å². The first-order valence-electron chi connectivity index (χ1n) is 10.1. The second-order valence-corrected chi connectivity index (χ2v) is 9.16. The lowest BCUT2D eigenvalue weighted by Crippen LogP contribution is -2.30. The summed E-state index contributed by atoms with van der Waals surface area (Å²) in [6, 6.07) is 12.0. The Labute approximate surface area is 184 Å². The molecule has 1 amide bonds. The Morgan fingerprint density at radius 1 is 1.07 bits per heavy atom. The van der Waals surface area contributed by atoms with Crippen molar-refractivity contribution in [2.75, 3.05) is 25.0 Å². The van der Waals surface area contributed by atoms with Crippen molar-refractivity contribution in [1.29, 1.82) is 0 Å². The van der Waals surface area contributed by atoms with Gasteiger partial charge in [0.15, 0.2) is 6.61 Å². The maximum Gasteiger partial charge on any atom is 0.262 e. The molecule has 0 saturated heterocycles. The summed E-state index contributed by atoms with van der Waals surface area (Å²) in [6.45, 7) is 6.20. The van der Waals surface area contributed by atoms with Crippen LogP contribution in [0.2, 0.25) is 5.02 Å². The summed E-state index contributed by atoms with van der Waals surface area (Å²) >= 11 is 6.19. The number of sulfonamides is 1. The van der Waals surface area contributed by atoms with Gasteiger partial charge >= 0.3 is 0 Å². The third kappa shape index (κ3) is 6.45. The van der Waals surface area contributed by atoms with Gasteiger partial charge in [0.1, 0.15) is 5.75 Å². The molecule has 0 spiro atoms. The molecular weight excluding hydrogens is 424 g/mol. The minimum absolute atomic E-state index is 0.0937. The summed E-state index contributed by atoms with van der Waals surface area (Å²) in [4.78, 5) is 12.3. The molecule has 30 heavy (non-hydrogen) atoms. The van der Waals surface area contributed by atoms with Gasteiger partial charge in [0.2, 0.25) is 10.0 Å². The molecule has 0 aliphatic heterocycles. The third-order valence-corrected chi connectivity index (χ3v) is 7.00. The molecule has 0 atom stereocenters. The van der Waals surface area contributed by atoms with E-state index < -0.39 is 10.0 Å². The summed E-state index contributed by atoms with van der Waals surface area (Å²) in [5, 5.41) is 2.91. The molecule has 0 unspecified atom stereocenters. The Morgan fingerprint density at radius 2 is 1.73 bits per heavy atom. The zero-order chi connectivity index (χ0) is 22.1. The van der Waals surface area contributed by atoms with E-state index in [4.69, 9.17) is 16.3 Å². The number of nitrogens with zero attached hydrogens (tertiary/aromatic N) is 1. The highest BCUT2D eigenvalue weighted by Crippen LogP contribution is 2.28. The third-order valence-electron chi connectivity index (χ3n) is 4.66. The number of amides is 1. The van der Waals surface area contributed by atoms with Gasteiger partial charge in [0, 0.05) is 18.8 Å². The average molecular weight is 453 g/mol. The van der Waals surface area contributed by atoms with Crippen LogP contribution in [0.25, 0.3) is 0 Å². The Balaban J connectivity index is 1.96. The van der Waals surface area contributed by atoms with Crippen LogP contribution in [0.1, 0.15) is 39.2 Å². The number of anilines is 1. The topological polar surface area (TPSA) is 75.7 Å². The lowest BCUT2D eigenvalue weighted by molar-refractivity contribution is -0.118. The van der Waals surface area contributed by atoms with E-state index in [0.717, 1.165) is 19.3 Å². The normalized spacial score (nSPS) is 11.5. The number of nitrogens with one attached hydrogen (secondary N) is 1. The fourth-order valence-electron chi connectivity index (χ4n) is 2.95. The largest absolute Gasteiger partial charge is 0.482 e.